The minimum absolute atomic E-state index is 0.684. The lowest BCUT2D eigenvalue weighted by Crippen LogP contribution is -2.46. The van der Waals surface area contributed by atoms with Gasteiger partial charge in [-0.25, -0.2) is 9.97 Å². The highest BCUT2D eigenvalue weighted by molar-refractivity contribution is 7.13. The molecule has 5 nitrogen and oxygen atoms in total. The number of piperazine rings is 1. The van der Waals surface area contributed by atoms with Crippen LogP contribution in [0.3, 0.4) is 0 Å². The number of ether oxygens (including phenoxy) is 1. The second kappa shape index (κ2) is 6.19. The number of thiazole rings is 1. The van der Waals surface area contributed by atoms with E-state index < -0.39 is 0 Å². The molecule has 0 unspecified atom stereocenters. The molecule has 1 fully saturated rings. The first kappa shape index (κ1) is 13.3. The Bertz CT molecular complexity index is 538. The molecular weight excluding hydrogens is 272 g/mol. The van der Waals surface area contributed by atoms with Crippen LogP contribution in [-0.4, -0.2) is 48.2 Å². The molecule has 1 aliphatic heterocycles. The van der Waals surface area contributed by atoms with Gasteiger partial charge < -0.3 is 9.64 Å². The van der Waals surface area contributed by atoms with Gasteiger partial charge in [0.15, 0.2) is 5.13 Å². The zero-order valence-corrected chi connectivity index (χ0v) is 12.3. The maximum Gasteiger partial charge on any atom is 0.213 e. The number of rotatable bonds is 4. The van der Waals surface area contributed by atoms with Crippen molar-refractivity contribution >= 4 is 16.5 Å². The Hall–Kier alpha value is -1.66. The normalized spacial score (nSPS) is 16.4. The fourth-order valence-electron chi connectivity index (χ4n) is 2.36. The summed E-state index contributed by atoms with van der Waals surface area (Å²) in [5.74, 6) is 0.684. The molecule has 3 rings (SSSR count). The van der Waals surface area contributed by atoms with Crippen LogP contribution >= 0.6 is 11.3 Å². The second-order valence-electron chi connectivity index (χ2n) is 4.75. The second-order valence-corrected chi connectivity index (χ2v) is 5.62. The molecule has 6 heteroatoms. The minimum atomic E-state index is 0.684. The lowest BCUT2D eigenvalue weighted by atomic mass is 10.3. The van der Waals surface area contributed by atoms with Crippen LogP contribution in [0.4, 0.5) is 5.13 Å². The van der Waals surface area contributed by atoms with Gasteiger partial charge in [0.1, 0.15) is 0 Å². The minimum Gasteiger partial charge on any atom is -0.481 e. The van der Waals surface area contributed by atoms with Gasteiger partial charge in [-0.2, -0.15) is 0 Å². The van der Waals surface area contributed by atoms with E-state index in [0.717, 1.165) is 43.5 Å². The number of hydrogen-bond acceptors (Lipinski definition) is 6. The largest absolute Gasteiger partial charge is 0.481 e. The summed E-state index contributed by atoms with van der Waals surface area (Å²) in [4.78, 5) is 13.6. The summed E-state index contributed by atoms with van der Waals surface area (Å²) in [6.45, 7) is 5.01. The Balaban J connectivity index is 1.55. The maximum atomic E-state index is 5.17. The third kappa shape index (κ3) is 3.08. The van der Waals surface area contributed by atoms with Gasteiger partial charge in [-0.3, -0.25) is 4.90 Å². The quantitative estimate of drug-likeness (QED) is 0.860. The SMILES string of the molecule is COc1cccc(CN2CCN(c3nccs3)CC2)n1. The van der Waals surface area contributed by atoms with Crippen molar-refractivity contribution in [2.75, 3.05) is 38.2 Å². The zero-order valence-electron chi connectivity index (χ0n) is 11.5. The van der Waals surface area contributed by atoms with Gasteiger partial charge in [-0.05, 0) is 6.07 Å². The van der Waals surface area contributed by atoms with Crippen molar-refractivity contribution in [1.29, 1.82) is 0 Å². The predicted molar refractivity (Wildman–Crippen MR) is 80.4 cm³/mol. The summed E-state index contributed by atoms with van der Waals surface area (Å²) in [5, 5.41) is 3.16. The molecule has 0 spiro atoms. The number of hydrogen-bond donors (Lipinski definition) is 0. The fourth-order valence-corrected chi connectivity index (χ4v) is 3.05. The lowest BCUT2D eigenvalue weighted by Gasteiger charge is -2.34. The molecule has 2 aromatic heterocycles. The van der Waals surface area contributed by atoms with Gasteiger partial charge in [0, 0.05) is 50.4 Å². The summed E-state index contributed by atoms with van der Waals surface area (Å²) >= 11 is 1.71. The molecule has 3 heterocycles. The number of nitrogens with zero attached hydrogens (tertiary/aromatic N) is 4. The fraction of sp³-hybridized carbons (Fsp3) is 0.429. The van der Waals surface area contributed by atoms with Crippen LogP contribution in [0.2, 0.25) is 0 Å². The molecule has 0 aromatic carbocycles. The third-order valence-corrected chi connectivity index (χ3v) is 4.27. The molecule has 0 amide bonds. The van der Waals surface area contributed by atoms with Gasteiger partial charge in [-0.15, -0.1) is 11.3 Å². The Morgan fingerprint density at radius 3 is 2.80 bits per heavy atom. The van der Waals surface area contributed by atoms with E-state index in [2.05, 4.69) is 25.8 Å². The van der Waals surface area contributed by atoms with E-state index in [9.17, 15) is 0 Å². The molecule has 0 aliphatic carbocycles. The van der Waals surface area contributed by atoms with Gasteiger partial charge in [0.2, 0.25) is 5.88 Å². The average molecular weight is 290 g/mol. The molecule has 0 bridgehead atoms. The summed E-state index contributed by atoms with van der Waals surface area (Å²) in [5.41, 5.74) is 1.06. The first-order valence-electron chi connectivity index (χ1n) is 6.72. The van der Waals surface area contributed by atoms with Crippen molar-refractivity contribution in [2.45, 2.75) is 6.54 Å². The van der Waals surface area contributed by atoms with Crippen molar-refractivity contribution in [1.82, 2.24) is 14.9 Å². The van der Waals surface area contributed by atoms with Gasteiger partial charge >= 0.3 is 0 Å². The van der Waals surface area contributed by atoms with Gasteiger partial charge in [-0.1, -0.05) is 6.07 Å². The molecule has 1 saturated heterocycles. The standard InChI is InChI=1S/C14H18N4OS/c1-19-13-4-2-3-12(16-13)11-17-6-8-18(9-7-17)14-15-5-10-20-14/h2-5,10H,6-9,11H2,1H3. The van der Waals surface area contributed by atoms with E-state index in [1.807, 2.05) is 23.7 Å². The maximum absolute atomic E-state index is 5.17. The van der Waals surface area contributed by atoms with Gasteiger partial charge in [0.25, 0.3) is 0 Å². The molecule has 0 radical (unpaired) electrons. The van der Waals surface area contributed by atoms with Crippen LogP contribution in [-0.2, 0) is 6.54 Å². The molecule has 20 heavy (non-hydrogen) atoms. The van der Waals surface area contributed by atoms with Crippen molar-refractivity contribution < 1.29 is 4.74 Å². The number of pyridine rings is 1. The van der Waals surface area contributed by atoms with E-state index in [-0.39, 0.29) is 0 Å². The van der Waals surface area contributed by atoms with Crippen molar-refractivity contribution in [2.24, 2.45) is 0 Å². The summed E-state index contributed by atoms with van der Waals surface area (Å²) in [7, 11) is 1.65. The Kier molecular flexibility index (Phi) is 4.13. The Labute approximate surface area is 122 Å². The Morgan fingerprint density at radius 2 is 2.10 bits per heavy atom. The van der Waals surface area contributed by atoms with Crippen LogP contribution in [0.15, 0.2) is 29.8 Å². The number of anilines is 1. The highest BCUT2D eigenvalue weighted by atomic mass is 32.1. The molecule has 0 N–H and O–H groups in total. The summed E-state index contributed by atoms with van der Waals surface area (Å²) < 4.78 is 5.17. The molecule has 2 aromatic rings. The smallest absolute Gasteiger partial charge is 0.213 e. The summed E-state index contributed by atoms with van der Waals surface area (Å²) in [6, 6.07) is 5.92. The van der Waals surface area contributed by atoms with E-state index in [1.54, 1.807) is 18.4 Å². The summed E-state index contributed by atoms with van der Waals surface area (Å²) in [6.07, 6.45) is 1.87. The first-order chi connectivity index (χ1) is 9.85. The number of methoxy groups -OCH3 is 1. The highest BCUT2D eigenvalue weighted by Gasteiger charge is 2.18. The van der Waals surface area contributed by atoms with E-state index in [1.165, 1.54) is 0 Å². The molecule has 0 saturated carbocycles. The van der Waals surface area contributed by atoms with E-state index >= 15 is 0 Å². The van der Waals surface area contributed by atoms with Crippen molar-refractivity contribution in [3.63, 3.8) is 0 Å². The van der Waals surface area contributed by atoms with Gasteiger partial charge in [0.05, 0.1) is 12.8 Å². The molecule has 1 aliphatic rings. The predicted octanol–water partition coefficient (Wildman–Crippen LogP) is 1.87. The van der Waals surface area contributed by atoms with Crippen LogP contribution in [0, 0.1) is 0 Å². The monoisotopic (exact) mass is 290 g/mol. The molecule has 106 valence electrons. The zero-order chi connectivity index (χ0) is 13.8. The topological polar surface area (TPSA) is 41.5 Å². The molecular formula is C14H18N4OS. The van der Waals surface area contributed by atoms with Crippen molar-refractivity contribution in [3.8, 4) is 5.88 Å². The van der Waals surface area contributed by atoms with E-state index in [0.29, 0.717) is 5.88 Å². The van der Waals surface area contributed by atoms with E-state index in [4.69, 9.17) is 4.74 Å². The average Bonchev–Trinajstić information content (AvgIpc) is 3.02. The van der Waals surface area contributed by atoms with Crippen LogP contribution in [0.1, 0.15) is 5.69 Å². The van der Waals surface area contributed by atoms with Crippen LogP contribution < -0.4 is 9.64 Å². The first-order valence-corrected chi connectivity index (χ1v) is 7.60. The highest BCUT2D eigenvalue weighted by Crippen LogP contribution is 2.19. The molecule has 0 atom stereocenters. The Morgan fingerprint density at radius 1 is 1.25 bits per heavy atom. The van der Waals surface area contributed by atoms with Crippen molar-refractivity contribution in [3.05, 3.63) is 35.5 Å². The van der Waals surface area contributed by atoms with Crippen LogP contribution in [0.5, 0.6) is 5.88 Å². The third-order valence-electron chi connectivity index (χ3n) is 3.44. The lowest BCUT2D eigenvalue weighted by molar-refractivity contribution is 0.246. The van der Waals surface area contributed by atoms with Crippen LogP contribution in [0.25, 0.3) is 0 Å². The number of aromatic nitrogens is 2.